The molecule has 1 unspecified atom stereocenters. The van der Waals surface area contributed by atoms with Crippen LogP contribution in [0.2, 0.25) is 0 Å². The molecule has 4 heterocycles. The zero-order valence-corrected chi connectivity index (χ0v) is 18.2. The van der Waals surface area contributed by atoms with Gasteiger partial charge in [0.05, 0.1) is 10.9 Å². The van der Waals surface area contributed by atoms with Crippen LogP contribution in [0.5, 0.6) is 0 Å². The Kier molecular flexibility index (Phi) is 5.42. The maximum atomic E-state index is 13.8. The van der Waals surface area contributed by atoms with E-state index < -0.39 is 11.2 Å². The fourth-order valence-electron chi connectivity index (χ4n) is 5.19. The molecule has 31 heavy (non-hydrogen) atoms. The number of hydrogen-bond donors (Lipinski definition) is 1. The third kappa shape index (κ3) is 3.82. The van der Waals surface area contributed by atoms with Crippen LogP contribution in [0.3, 0.4) is 0 Å². The third-order valence-corrected chi connectivity index (χ3v) is 6.95. The summed E-state index contributed by atoms with van der Waals surface area (Å²) in [6.07, 6.45) is 7.25. The molecule has 1 atom stereocenters. The van der Waals surface area contributed by atoms with Gasteiger partial charge in [-0.05, 0) is 64.1 Å². The normalized spacial score (nSPS) is 22.0. The van der Waals surface area contributed by atoms with Crippen molar-refractivity contribution in [3.63, 3.8) is 0 Å². The van der Waals surface area contributed by atoms with Crippen LogP contribution in [0.4, 0.5) is 0 Å². The number of amides is 1. The van der Waals surface area contributed by atoms with Crippen molar-refractivity contribution in [1.29, 1.82) is 0 Å². The molecule has 1 saturated carbocycles. The van der Waals surface area contributed by atoms with Gasteiger partial charge in [-0.25, -0.2) is 9.78 Å². The molecule has 3 fully saturated rings. The van der Waals surface area contributed by atoms with Crippen LogP contribution >= 0.6 is 0 Å². The molecule has 1 N–H and O–H groups in total. The molecule has 1 aliphatic carbocycles. The number of aromatic nitrogens is 3. The van der Waals surface area contributed by atoms with E-state index in [1.807, 2.05) is 17.9 Å². The van der Waals surface area contributed by atoms with Crippen LogP contribution in [0.25, 0.3) is 11.0 Å². The highest BCUT2D eigenvalue weighted by Crippen LogP contribution is 2.40. The smallest absolute Gasteiger partial charge is 0.329 e. The summed E-state index contributed by atoms with van der Waals surface area (Å²) in [5, 5.41) is 0.259. The van der Waals surface area contributed by atoms with E-state index in [1.54, 1.807) is 0 Å². The van der Waals surface area contributed by atoms with E-state index in [-0.39, 0.29) is 17.3 Å². The van der Waals surface area contributed by atoms with Crippen molar-refractivity contribution in [3.05, 3.63) is 38.2 Å². The van der Waals surface area contributed by atoms with Gasteiger partial charge in [-0.15, -0.1) is 0 Å². The van der Waals surface area contributed by atoms with Crippen molar-refractivity contribution in [1.82, 2.24) is 24.3 Å². The number of aromatic amines is 1. The Morgan fingerprint density at radius 1 is 1.13 bits per heavy atom. The first kappa shape index (κ1) is 20.4. The summed E-state index contributed by atoms with van der Waals surface area (Å²) in [7, 11) is 0. The fraction of sp³-hybridized carbons (Fsp3) is 0.652. The average Bonchev–Trinajstić information content (AvgIpc) is 3.29. The predicted molar refractivity (Wildman–Crippen MR) is 119 cm³/mol. The first-order valence-electron chi connectivity index (χ1n) is 11.8. The maximum Gasteiger partial charge on any atom is 0.329 e. The molecule has 8 nitrogen and oxygen atoms in total. The number of nitrogens with zero attached hydrogens (tertiary/aromatic N) is 4. The van der Waals surface area contributed by atoms with Crippen molar-refractivity contribution in [2.75, 3.05) is 26.2 Å². The van der Waals surface area contributed by atoms with Crippen molar-refractivity contribution in [2.45, 2.75) is 70.4 Å². The lowest BCUT2D eigenvalue weighted by Crippen LogP contribution is -2.43. The van der Waals surface area contributed by atoms with Crippen LogP contribution in [0.15, 0.2) is 15.7 Å². The summed E-state index contributed by atoms with van der Waals surface area (Å²) in [6.45, 7) is 6.26. The number of aryl methyl sites for hydroxylation is 1. The molecular weight excluding hydrogens is 394 g/mol. The molecule has 2 aromatic rings. The van der Waals surface area contributed by atoms with Crippen molar-refractivity contribution in [3.8, 4) is 0 Å². The number of likely N-dealkylation sites (tertiary alicyclic amines) is 2. The molecule has 1 amide bonds. The van der Waals surface area contributed by atoms with Crippen molar-refractivity contribution < 1.29 is 4.79 Å². The number of carbonyl (C=O) groups is 1. The number of nitrogens with one attached hydrogen (secondary N) is 1. The van der Waals surface area contributed by atoms with Crippen LogP contribution in [0, 0.1) is 0 Å². The van der Waals surface area contributed by atoms with E-state index in [1.165, 1.54) is 17.4 Å². The molecule has 5 rings (SSSR count). The molecular formula is C23H31N5O3. The van der Waals surface area contributed by atoms with Crippen LogP contribution in [-0.2, 0) is 6.54 Å². The molecule has 0 spiro atoms. The van der Waals surface area contributed by atoms with E-state index in [2.05, 4.69) is 9.88 Å². The summed E-state index contributed by atoms with van der Waals surface area (Å²) in [4.78, 5) is 50.7. The highest BCUT2D eigenvalue weighted by molar-refractivity contribution is 6.05. The van der Waals surface area contributed by atoms with Crippen molar-refractivity contribution >= 4 is 16.9 Å². The summed E-state index contributed by atoms with van der Waals surface area (Å²) in [5.41, 5.74) is 0.637. The lowest BCUT2D eigenvalue weighted by atomic mass is 10.1. The van der Waals surface area contributed by atoms with Gasteiger partial charge in [0.1, 0.15) is 0 Å². The second-order valence-corrected chi connectivity index (χ2v) is 9.28. The van der Waals surface area contributed by atoms with Gasteiger partial charge in [0.2, 0.25) is 0 Å². The quantitative estimate of drug-likeness (QED) is 0.765. The lowest BCUT2D eigenvalue weighted by Gasteiger charge is -2.29. The Hall–Kier alpha value is -2.48. The van der Waals surface area contributed by atoms with Gasteiger partial charge in [-0.2, -0.15) is 0 Å². The summed E-state index contributed by atoms with van der Waals surface area (Å²) in [6, 6.07) is 2.00. The molecule has 2 aliphatic heterocycles. The Morgan fingerprint density at radius 3 is 2.61 bits per heavy atom. The van der Waals surface area contributed by atoms with Crippen LogP contribution < -0.4 is 11.2 Å². The first-order chi connectivity index (χ1) is 15.1. The lowest BCUT2D eigenvalue weighted by molar-refractivity contribution is 0.0710. The van der Waals surface area contributed by atoms with Crippen LogP contribution in [-0.4, -0.2) is 62.5 Å². The first-order valence-corrected chi connectivity index (χ1v) is 11.8. The zero-order chi connectivity index (χ0) is 21.5. The topological polar surface area (TPSA) is 91.3 Å². The van der Waals surface area contributed by atoms with E-state index in [9.17, 15) is 14.4 Å². The SMILES string of the molecule is CCCn1c(=O)[nH]c(=O)c2c(C(=O)N3CCCC3CN3CCCC3)cc(C3CC3)nc21. The van der Waals surface area contributed by atoms with Crippen molar-refractivity contribution in [2.24, 2.45) is 0 Å². The maximum absolute atomic E-state index is 13.8. The monoisotopic (exact) mass is 425 g/mol. The number of hydrogen-bond acceptors (Lipinski definition) is 5. The summed E-state index contributed by atoms with van der Waals surface area (Å²) >= 11 is 0. The van der Waals surface area contributed by atoms with Gasteiger partial charge in [0.15, 0.2) is 5.65 Å². The molecule has 0 aromatic carbocycles. The Balaban J connectivity index is 1.59. The van der Waals surface area contributed by atoms with E-state index >= 15 is 0 Å². The standard InChI is InChI=1S/C23H31N5O3/c1-2-9-28-20-19(21(29)25-23(28)31)17(13-18(24-20)15-7-8-15)22(30)27-12-5-6-16(27)14-26-10-3-4-11-26/h13,15-16H,2-12,14H2,1H3,(H,25,29,31). The highest BCUT2D eigenvalue weighted by atomic mass is 16.2. The summed E-state index contributed by atoms with van der Waals surface area (Å²) in [5.74, 6) is 0.225. The molecule has 0 radical (unpaired) electrons. The molecule has 2 aromatic heterocycles. The molecule has 3 aliphatic rings. The van der Waals surface area contributed by atoms with Gasteiger partial charge >= 0.3 is 5.69 Å². The minimum Gasteiger partial charge on any atom is -0.334 e. The second kappa shape index (κ2) is 8.22. The average molecular weight is 426 g/mol. The molecule has 0 bridgehead atoms. The number of fused-ring (bicyclic) bond motifs is 1. The second-order valence-electron chi connectivity index (χ2n) is 9.28. The number of H-pyrrole nitrogens is 1. The fourth-order valence-corrected chi connectivity index (χ4v) is 5.19. The third-order valence-electron chi connectivity index (χ3n) is 6.95. The Morgan fingerprint density at radius 2 is 1.90 bits per heavy atom. The zero-order valence-electron chi connectivity index (χ0n) is 18.2. The van der Waals surface area contributed by atoms with Gasteiger partial charge in [-0.1, -0.05) is 6.92 Å². The Labute approximate surface area is 181 Å². The molecule has 166 valence electrons. The summed E-state index contributed by atoms with van der Waals surface area (Å²) < 4.78 is 1.52. The highest BCUT2D eigenvalue weighted by Gasteiger charge is 2.34. The van der Waals surface area contributed by atoms with E-state index in [0.717, 1.165) is 57.4 Å². The number of carbonyl (C=O) groups excluding carboxylic acids is 1. The number of pyridine rings is 1. The molecule has 2 saturated heterocycles. The van der Waals surface area contributed by atoms with E-state index in [4.69, 9.17) is 4.98 Å². The van der Waals surface area contributed by atoms with Gasteiger partial charge in [0.25, 0.3) is 11.5 Å². The Bertz CT molecular complexity index is 1110. The predicted octanol–water partition coefficient (Wildman–Crippen LogP) is 2.07. The van der Waals surface area contributed by atoms with E-state index in [0.29, 0.717) is 30.2 Å². The minimum absolute atomic E-state index is 0.0943. The van der Waals surface area contributed by atoms with Gasteiger partial charge in [0, 0.05) is 37.3 Å². The largest absolute Gasteiger partial charge is 0.334 e. The van der Waals surface area contributed by atoms with Gasteiger partial charge < -0.3 is 9.80 Å². The van der Waals surface area contributed by atoms with Crippen LogP contribution in [0.1, 0.15) is 73.8 Å². The molecule has 8 heteroatoms. The minimum atomic E-state index is -0.513. The van der Waals surface area contributed by atoms with Gasteiger partial charge in [-0.3, -0.25) is 19.1 Å². The number of rotatable bonds is 6.